The summed E-state index contributed by atoms with van der Waals surface area (Å²) in [7, 11) is 1.53. The standard InChI is InChI=1S/C26H22N4O6/c1-35-17-4-2-15-12-30(23(32)18(15)10-17)13-26(24(33)28-25(34)29-26)22-9-16-8-14(3-5-21(16)36-22)19-11-27-7-6-20(19)31/h2-5,7-11,20,31H,6,12-13H2,1H3,(H2,28,29,33,34). The Kier molecular flexibility index (Phi) is 4.94. The van der Waals surface area contributed by atoms with Crippen LogP contribution in [0.15, 0.2) is 58.1 Å². The topological polar surface area (TPSA) is 133 Å². The number of methoxy groups -OCH3 is 1. The second-order valence-corrected chi connectivity index (χ2v) is 9.03. The fourth-order valence-corrected chi connectivity index (χ4v) is 4.94. The molecule has 6 rings (SSSR count). The van der Waals surface area contributed by atoms with Gasteiger partial charge in [0.2, 0.25) is 0 Å². The first kappa shape index (κ1) is 22.1. The van der Waals surface area contributed by atoms with E-state index in [4.69, 9.17) is 9.15 Å². The number of carbonyl (C=O) groups excluding carboxylic acids is 3. The number of urea groups is 1. The maximum atomic E-state index is 13.2. The molecule has 1 aromatic heterocycles. The zero-order valence-corrected chi connectivity index (χ0v) is 19.3. The van der Waals surface area contributed by atoms with Gasteiger partial charge in [0.1, 0.15) is 17.1 Å². The van der Waals surface area contributed by atoms with Crippen LogP contribution in [-0.4, -0.2) is 53.8 Å². The van der Waals surface area contributed by atoms with Crippen molar-refractivity contribution in [3.8, 4) is 5.75 Å². The molecule has 3 N–H and O–H groups in total. The van der Waals surface area contributed by atoms with Gasteiger partial charge in [0.25, 0.3) is 11.8 Å². The number of nitrogens with one attached hydrogen (secondary N) is 2. The lowest BCUT2D eigenvalue weighted by molar-refractivity contribution is -0.125. The lowest BCUT2D eigenvalue weighted by atomic mass is 9.94. The summed E-state index contributed by atoms with van der Waals surface area (Å²) in [6.45, 7) is 0.158. The summed E-state index contributed by atoms with van der Waals surface area (Å²) in [5.41, 5.74) is 1.64. The summed E-state index contributed by atoms with van der Waals surface area (Å²) in [6, 6.07) is 11.6. The quantitative estimate of drug-likeness (QED) is 0.474. The van der Waals surface area contributed by atoms with Crippen LogP contribution in [0.4, 0.5) is 4.79 Å². The van der Waals surface area contributed by atoms with Crippen molar-refractivity contribution < 1.29 is 28.6 Å². The molecular formula is C26H22N4O6. The van der Waals surface area contributed by atoms with Gasteiger partial charge in [-0.2, -0.15) is 0 Å². The highest BCUT2D eigenvalue weighted by atomic mass is 16.5. The Balaban J connectivity index is 1.37. The number of hydrogen-bond donors (Lipinski definition) is 3. The van der Waals surface area contributed by atoms with Crippen LogP contribution in [0.1, 0.15) is 33.7 Å². The fraction of sp³-hybridized carbons (Fsp3) is 0.231. The van der Waals surface area contributed by atoms with E-state index in [1.54, 1.807) is 42.7 Å². The van der Waals surface area contributed by atoms with Crippen molar-refractivity contribution >= 4 is 40.6 Å². The van der Waals surface area contributed by atoms with Gasteiger partial charge in [-0.25, -0.2) is 4.79 Å². The molecule has 2 unspecified atom stereocenters. The summed E-state index contributed by atoms with van der Waals surface area (Å²) in [4.78, 5) is 44.2. The maximum absolute atomic E-state index is 13.2. The van der Waals surface area contributed by atoms with Gasteiger partial charge in [-0.3, -0.25) is 19.9 Å². The lowest BCUT2D eigenvalue weighted by Gasteiger charge is -2.29. The van der Waals surface area contributed by atoms with Gasteiger partial charge in [0.15, 0.2) is 5.54 Å². The largest absolute Gasteiger partial charge is 0.497 e. The highest BCUT2D eigenvalue weighted by Crippen LogP contribution is 2.36. The van der Waals surface area contributed by atoms with Crippen LogP contribution >= 0.6 is 0 Å². The van der Waals surface area contributed by atoms with Gasteiger partial charge in [0.05, 0.1) is 19.8 Å². The zero-order chi connectivity index (χ0) is 25.0. The number of aliphatic hydroxyl groups is 1. The molecule has 10 nitrogen and oxygen atoms in total. The van der Waals surface area contributed by atoms with Crippen molar-refractivity contribution in [3.05, 3.63) is 71.1 Å². The van der Waals surface area contributed by atoms with Gasteiger partial charge < -0.3 is 24.5 Å². The van der Waals surface area contributed by atoms with E-state index >= 15 is 0 Å². The first-order chi connectivity index (χ1) is 17.4. The molecule has 0 saturated carbocycles. The molecule has 3 aliphatic rings. The summed E-state index contributed by atoms with van der Waals surface area (Å²) in [5.74, 6) is -0.111. The Bertz CT molecular complexity index is 1510. The number of aliphatic hydroxyl groups excluding tert-OH is 1. The lowest BCUT2D eigenvalue weighted by Crippen LogP contribution is -2.52. The Morgan fingerprint density at radius 2 is 2.06 bits per heavy atom. The van der Waals surface area contributed by atoms with Crippen LogP contribution in [-0.2, 0) is 16.9 Å². The van der Waals surface area contributed by atoms with Crippen molar-refractivity contribution in [3.63, 3.8) is 0 Å². The third-order valence-electron chi connectivity index (χ3n) is 6.84. The van der Waals surface area contributed by atoms with E-state index in [1.165, 1.54) is 12.0 Å². The highest BCUT2D eigenvalue weighted by Gasteiger charge is 2.53. The van der Waals surface area contributed by atoms with E-state index in [0.717, 1.165) is 11.1 Å². The molecule has 4 heterocycles. The smallest absolute Gasteiger partial charge is 0.322 e. The molecule has 2 aromatic carbocycles. The molecular weight excluding hydrogens is 464 g/mol. The number of benzene rings is 2. The molecule has 0 bridgehead atoms. The summed E-state index contributed by atoms with van der Waals surface area (Å²) in [5, 5.41) is 16.0. The van der Waals surface area contributed by atoms with Crippen molar-refractivity contribution in [1.82, 2.24) is 15.5 Å². The number of ether oxygens (including phenoxy) is 1. The number of nitrogens with zero attached hydrogens (tertiary/aromatic N) is 2. The van der Waals surface area contributed by atoms with E-state index in [0.29, 0.717) is 34.3 Å². The van der Waals surface area contributed by atoms with E-state index in [2.05, 4.69) is 15.6 Å². The maximum Gasteiger partial charge on any atom is 0.322 e. The minimum atomic E-state index is -1.61. The molecule has 36 heavy (non-hydrogen) atoms. The van der Waals surface area contributed by atoms with E-state index in [-0.39, 0.29) is 24.8 Å². The van der Waals surface area contributed by atoms with Crippen LogP contribution in [0, 0.1) is 0 Å². The molecule has 0 radical (unpaired) electrons. The average molecular weight is 486 g/mol. The van der Waals surface area contributed by atoms with Crippen LogP contribution in [0.2, 0.25) is 0 Å². The monoisotopic (exact) mass is 486 g/mol. The van der Waals surface area contributed by atoms with E-state index < -0.39 is 23.6 Å². The number of fused-ring (bicyclic) bond motifs is 2. The first-order valence-corrected chi connectivity index (χ1v) is 11.4. The number of rotatable bonds is 5. The Morgan fingerprint density at radius 3 is 2.81 bits per heavy atom. The van der Waals surface area contributed by atoms with Crippen LogP contribution < -0.4 is 15.4 Å². The van der Waals surface area contributed by atoms with Crippen molar-refractivity contribution in [1.29, 1.82) is 0 Å². The first-order valence-electron chi connectivity index (χ1n) is 11.4. The summed E-state index contributed by atoms with van der Waals surface area (Å²) >= 11 is 0. The predicted octanol–water partition coefficient (Wildman–Crippen LogP) is 2.31. The predicted molar refractivity (Wildman–Crippen MR) is 129 cm³/mol. The number of hydrogen-bond acceptors (Lipinski definition) is 7. The molecule has 4 amide bonds. The number of carbonyl (C=O) groups is 3. The molecule has 3 aromatic rings. The molecule has 3 aliphatic heterocycles. The van der Waals surface area contributed by atoms with E-state index in [1.807, 2.05) is 12.1 Å². The Labute approximate surface area is 205 Å². The molecule has 182 valence electrons. The van der Waals surface area contributed by atoms with Crippen LogP contribution in [0.25, 0.3) is 16.5 Å². The van der Waals surface area contributed by atoms with Crippen LogP contribution in [0.5, 0.6) is 5.75 Å². The average Bonchev–Trinajstić information content (AvgIpc) is 3.52. The van der Waals surface area contributed by atoms with Gasteiger partial charge in [-0.05, 0) is 41.5 Å². The molecule has 1 saturated heterocycles. The number of imide groups is 1. The normalized spacial score (nSPS) is 23.1. The van der Waals surface area contributed by atoms with Gasteiger partial charge >= 0.3 is 6.03 Å². The minimum absolute atomic E-state index is 0.119. The van der Waals surface area contributed by atoms with E-state index in [9.17, 15) is 19.5 Å². The third-order valence-corrected chi connectivity index (χ3v) is 6.84. The van der Waals surface area contributed by atoms with Crippen molar-refractivity contribution in [2.24, 2.45) is 4.99 Å². The molecule has 2 atom stereocenters. The van der Waals surface area contributed by atoms with Crippen molar-refractivity contribution in [2.75, 3.05) is 13.7 Å². The van der Waals surface area contributed by atoms with Gasteiger partial charge in [-0.1, -0.05) is 12.1 Å². The van der Waals surface area contributed by atoms with Crippen molar-refractivity contribution in [2.45, 2.75) is 24.6 Å². The SMILES string of the molecule is COc1ccc2c(c1)C(=O)N(CC1(c3cc4cc(C5=CN=CCC5O)ccc4o3)NC(=O)NC1=O)C2. The third kappa shape index (κ3) is 3.37. The molecule has 0 aliphatic carbocycles. The van der Waals surface area contributed by atoms with Gasteiger partial charge in [0, 0.05) is 41.9 Å². The Hall–Kier alpha value is -4.44. The zero-order valence-electron chi connectivity index (χ0n) is 19.3. The fourth-order valence-electron chi connectivity index (χ4n) is 4.94. The number of furan rings is 1. The second kappa shape index (κ2) is 8.06. The number of aliphatic imine (C=N–C) groups is 1. The minimum Gasteiger partial charge on any atom is -0.497 e. The second-order valence-electron chi connectivity index (χ2n) is 9.03. The molecule has 0 spiro atoms. The van der Waals surface area contributed by atoms with Crippen LogP contribution in [0.3, 0.4) is 0 Å². The Morgan fingerprint density at radius 1 is 1.19 bits per heavy atom. The van der Waals surface area contributed by atoms with Gasteiger partial charge in [-0.15, -0.1) is 0 Å². The molecule has 1 fully saturated rings. The summed E-state index contributed by atoms with van der Waals surface area (Å²) < 4.78 is 11.3. The number of amides is 4. The molecule has 10 heteroatoms. The highest BCUT2D eigenvalue weighted by molar-refractivity contribution is 6.08. The summed E-state index contributed by atoms with van der Waals surface area (Å²) in [6.07, 6.45) is 3.03.